The van der Waals surface area contributed by atoms with E-state index in [0.29, 0.717) is 16.9 Å². The lowest BCUT2D eigenvalue weighted by Crippen LogP contribution is -2.29. The van der Waals surface area contributed by atoms with Crippen molar-refractivity contribution in [2.24, 2.45) is 0 Å². The predicted octanol–water partition coefficient (Wildman–Crippen LogP) is 2.78. The first-order valence-electron chi connectivity index (χ1n) is 7.18. The lowest BCUT2D eigenvalue weighted by Gasteiger charge is -2.14. The van der Waals surface area contributed by atoms with E-state index < -0.39 is 6.10 Å². The quantitative estimate of drug-likeness (QED) is 0.892. The molecule has 0 aliphatic carbocycles. The van der Waals surface area contributed by atoms with Crippen molar-refractivity contribution >= 4 is 5.91 Å². The van der Waals surface area contributed by atoms with Crippen molar-refractivity contribution in [3.63, 3.8) is 0 Å². The van der Waals surface area contributed by atoms with Gasteiger partial charge in [-0.25, -0.2) is 0 Å². The molecule has 2 N–H and O–H groups in total. The molecule has 2 rings (SSSR count). The zero-order valence-corrected chi connectivity index (χ0v) is 13.1. The van der Waals surface area contributed by atoms with E-state index in [1.54, 1.807) is 19.2 Å². The van der Waals surface area contributed by atoms with E-state index in [1.807, 2.05) is 44.2 Å². The van der Waals surface area contributed by atoms with E-state index in [2.05, 4.69) is 5.32 Å². The Balaban J connectivity index is 2.02. The molecule has 1 unspecified atom stereocenters. The lowest BCUT2D eigenvalue weighted by molar-refractivity contribution is 0.0915. The van der Waals surface area contributed by atoms with E-state index in [-0.39, 0.29) is 12.5 Å². The van der Waals surface area contributed by atoms with Gasteiger partial charge in [-0.3, -0.25) is 4.79 Å². The van der Waals surface area contributed by atoms with E-state index in [9.17, 15) is 9.90 Å². The third-order valence-corrected chi connectivity index (χ3v) is 3.57. The number of hydrogen-bond acceptors (Lipinski definition) is 3. The fourth-order valence-corrected chi connectivity index (χ4v) is 2.23. The van der Waals surface area contributed by atoms with Crippen LogP contribution in [-0.4, -0.2) is 24.7 Å². The molecule has 0 fully saturated rings. The number of carbonyl (C=O) groups excluding carboxylic acids is 1. The number of nitrogens with one attached hydrogen (secondary N) is 1. The van der Waals surface area contributed by atoms with Gasteiger partial charge in [0.25, 0.3) is 5.91 Å². The minimum Gasteiger partial charge on any atom is -0.497 e. The number of aliphatic hydroxyl groups excluding tert-OH is 1. The number of rotatable bonds is 5. The van der Waals surface area contributed by atoms with Crippen molar-refractivity contribution < 1.29 is 14.6 Å². The predicted molar refractivity (Wildman–Crippen MR) is 86.2 cm³/mol. The number of carbonyl (C=O) groups is 1. The Morgan fingerprint density at radius 1 is 1.23 bits per heavy atom. The average molecular weight is 299 g/mol. The van der Waals surface area contributed by atoms with Crippen LogP contribution in [0.5, 0.6) is 5.75 Å². The summed E-state index contributed by atoms with van der Waals surface area (Å²) in [7, 11) is 1.58. The monoisotopic (exact) mass is 299 g/mol. The first kappa shape index (κ1) is 16.0. The molecular formula is C18H21NO3. The van der Waals surface area contributed by atoms with Crippen LogP contribution in [0.4, 0.5) is 0 Å². The van der Waals surface area contributed by atoms with Gasteiger partial charge >= 0.3 is 0 Å². The Labute approximate surface area is 130 Å². The molecule has 2 aromatic carbocycles. The second-order valence-electron chi connectivity index (χ2n) is 5.32. The molecule has 2 aromatic rings. The first-order valence-corrected chi connectivity index (χ1v) is 7.18. The van der Waals surface area contributed by atoms with Crippen LogP contribution in [0.2, 0.25) is 0 Å². The van der Waals surface area contributed by atoms with Gasteiger partial charge in [0.15, 0.2) is 0 Å². The summed E-state index contributed by atoms with van der Waals surface area (Å²) >= 11 is 0. The van der Waals surface area contributed by atoms with E-state index >= 15 is 0 Å². The summed E-state index contributed by atoms with van der Waals surface area (Å²) in [5.41, 5.74) is 3.29. The molecule has 22 heavy (non-hydrogen) atoms. The van der Waals surface area contributed by atoms with Crippen molar-refractivity contribution in [3.05, 3.63) is 64.7 Å². The topological polar surface area (TPSA) is 58.6 Å². The smallest absolute Gasteiger partial charge is 0.251 e. The normalized spacial score (nSPS) is 11.8. The molecule has 0 aliphatic heterocycles. The largest absolute Gasteiger partial charge is 0.497 e. The van der Waals surface area contributed by atoms with Crippen LogP contribution in [0, 0.1) is 13.8 Å². The molecule has 0 saturated carbocycles. The van der Waals surface area contributed by atoms with Gasteiger partial charge in [0.05, 0.1) is 13.2 Å². The van der Waals surface area contributed by atoms with Gasteiger partial charge < -0.3 is 15.2 Å². The SMILES string of the molecule is COc1cccc(C(O)CNC(=O)c2cc(C)ccc2C)c1. The summed E-state index contributed by atoms with van der Waals surface area (Å²) < 4.78 is 5.13. The zero-order chi connectivity index (χ0) is 16.1. The highest BCUT2D eigenvalue weighted by atomic mass is 16.5. The number of methoxy groups -OCH3 is 1. The van der Waals surface area contributed by atoms with Crippen molar-refractivity contribution in [1.29, 1.82) is 0 Å². The zero-order valence-electron chi connectivity index (χ0n) is 13.1. The fourth-order valence-electron chi connectivity index (χ4n) is 2.23. The summed E-state index contributed by atoms with van der Waals surface area (Å²) in [5.74, 6) is 0.501. The van der Waals surface area contributed by atoms with Crippen LogP contribution < -0.4 is 10.1 Å². The standard InChI is InChI=1S/C18H21NO3/c1-12-7-8-13(2)16(9-12)18(21)19-11-17(20)14-5-4-6-15(10-14)22-3/h4-10,17,20H,11H2,1-3H3,(H,19,21). The Hall–Kier alpha value is -2.33. The van der Waals surface area contributed by atoms with Crippen molar-refractivity contribution in [2.75, 3.05) is 13.7 Å². The molecule has 0 radical (unpaired) electrons. The highest BCUT2D eigenvalue weighted by Crippen LogP contribution is 2.18. The average Bonchev–Trinajstić information content (AvgIpc) is 2.54. The van der Waals surface area contributed by atoms with Gasteiger partial charge in [0.2, 0.25) is 0 Å². The lowest BCUT2D eigenvalue weighted by atomic mass is 10.0. The van der Waals surface area contributed by atoms with Crippen LogP contribution in [0.3, 0.4) is 0 Å². The minimum atomic E-state index is -0.774. The number of amides is 1. The first-order chi connectivity index (χ1) is 10.5. The molecule has 1 amide bonds. The van der Waals surface area contributed by atoms with Crippen LogP contribution in [0.1, 0.15) is 33.2 Å². The van der Waals surface area contributed by atoms with Crippen LogP contribution in [-0.2, 0) is 0 Å². The maximum atomic E-state index is 12.2. The number of benzene rings is 2. The van der Waals surface area contributed by atoms with E-state index in [0.717, 1.165) is 11.1 Å². The van der Waals surface area contributed by atoms with Crippen molar-refractivity contribution in [3.8, 4) is 5.75 Å². The van der Waals surface area contributed by atoms with Gasteiger partial charge in [-0.05, 0) is 43.2 Å². The number of aryl methyl sites for hydroxylation is 2. The Morgan fingerprint density at radius 3 is 2.73 bits per heavy atom. The van der Waals surface area contributed by atoms with Crippen molar-refractivity contribution in [2.45, 2.75) is 20.0 Å². The molecule has 0 aromatic heterocycles. The minimum absolute atomic E-state index is 0.152. The molecular weight excluding hydrogens is 278 g/mol. The summed E-state index contributed by atoms with van der Waals surface area (Å²) in [4.78, 5) is 12.2. The number of hydrogen-bond donors (Lipinski definition) is 2. The van der Waals surface area contributed by atoms with Gasteiger partial charge in [-0.15, -0.1) is 0 Å². The second kappa shape index (κ2) is 7.09. The van der Waals surface area contributed by atoms with Gasteiger partial charge in [-0.1, -0.05) is 29.8 Å². The maximum absolute atomic E-state index is 12.2. The molecule has 0 bridgehead atoms. The molecule has 1 atom stereocenters. The molecule has 0 heterocycles. The van der Waals surface area contributed by atoms with Crippen LogP contribution in [0.25, 0.3) is 0 Å². The van der Waals surface area contributed by atoms with Crippen LogP contribution >= 0.6 is 0 Å². The van der Waals surface area contributed by atoms with Crippen LogP contribution in [0.15, 0.2) is 42.5 Å². The van der Waals surface area contributed by atoms with E-state index in [1.165, 1.54) is 0 Å². The Bertz CT molecular complexity index is 667. The Morgan fingerprint density at radius 2 is 2.00 bits per heavy atom. The third-order valence-electron chi connectivity index (χ3n) is 3.57. The molecule has 116 valence electrons. The summed E-state index contributed by atoms with van der Waals surface area (Å²) in [6.45, 7) is 3.99. The third kappa shape index (κ3) is 3.86. The van der Waals surface area contributed by atoms with Gasteiger partial charge in [-0.2, -0.15) is 0 Å². The van der Waals surface area contributed by atoms with Gasteiger partial charge in [0.1, 0.15) is 5.75 Å². The van der Waals surface area contributed by atoms with Gasteiger partial charge in [0, 0.05) is 12.1 Å². The summed E-state index contributed by atoms with van der Waals surface area (Å²) in [5, 5.41) is 13.0. The fraction of sp³-hybridized carbons (Fsp3) is 0.278. The highest BCUT2D eigenvalue weighted by Gasteiger charge is 2.13. The Kier molecular flexibility index (Phi) is 5.17. The number of ether oxygens (including phenoxy) is 1. The number of aliphatic hydroxyl groups is 1. The molecule has 0 spiro atoms. The molecule has 4 nitrogen and oxygen atoms in total. The summed E-state index contributed by atoms with van der Waals surface area (Å²) in [6.07, 6.45) is -0.774. The van der Waals surface area contributed by atoms with Crippen molar-refractivity contribution in [1.82, 2.24) is 5.32 Å². The summed E-state index contributed by atoms with van der Waals surface area (Å²) in [6, 6.07) is 12.9. The highest BCUT2D eigenvalue weighted by molar-refractivity contribution is 5.95. The molecule has 4 heteroatoms. The second-order valence-corrected chi connectivity index (χ2v) is 5.32. The maximum Gasteiger partial charge on any atom is 0.251 e. The van der Waals surface area contributed by atoms with E-state index in [4.69, 9.17) is 4.74 Å². The molecule has 0 aliphatic rings. The molecule has 0 saturated heterocycles.